The Kier molecular flexibility index (Phi) is 7.82. The van der Waals surface area contributed by atoms with E-state index in [0.717, 1.165) is 43.4 Å². The van der Waals surface area contributed by atoms with Crippen molar-refractivity contribution in [2.24, 2.45) is 13.0 Å². The Morgan fingerprint density at radius 2 is 1.89 bits per heavy atom. The molecule has 10 heteroatoms. The molecule has 3 aromatic heterocycles. The molecule has 0 aromatic carbocycles. The van der Waals surface area contributed by atoms with Gasteiger partial charge in [0.1, 0.15) is 17.4 Å². The molecule has 0 saturated heterocycles. The van der Waals surface area contributed by atoms with Crippen LogP contribution in [0.5, 0.6) is 0 Å². The molecule has 4 rings (SSSR count). The third kappa shape index (κ3) is 5.81. The van der Waals surface area contributed by atoms with Crippen LogP contribution in [-0.4, -0.2) is 45.6 Å². The van der Waals surface area contributed by atoms with E-state index in [0.29, 0.717) is 17.1 Å². The van der Waals surface area contributed by atoms with Crippen molar-refractivity contribution in [2.75, 3.05) is 7.05 Å². The number of hydrogen-bond donors (Lipinski definition) is 3. The minimum absolute atomic E-state index is 0.112. The fraction of sp³-hybridized carbons (Fsp3) is 0.423. The van der Waals surface area contributed by atoms with Gasteiger partial charge in [0.15, 0.2) is 11.5 Å². The van der Waals surface area contributed by atoms with E-state index in [9.17, 15) is 14.4 Å². The second-order valence-electron chi connectivity index (χ2n) is 9.15. The maximum Gasteiger partial charge on any atom is 0.287 e. The lowest BCUT2D eigenvalue weighted by atomic mass is 9.83. The van der Waals surface area contributed by atoms with Crippen molar-refractivity contribution >= 4 is 17.7 Å². The fourth-order valence-corrected chi connectivity index (χ4v) is 4.49. The molecule has 1 aliphatic rings. The molecule has 0 spiro atoms. The Morgan fingerprint density at radius 1 is 1.11 bits per heavy atom. The number of carbonyl (C=O) groups is 3. The molecule has 190 valence electrons. The van der Waals surface area contributed by atoms with Crippen molar-refractivity contribution in [3.05, 3.63) is 59.2 Å². The number of carbonyl (C=O) groups excluding carboxylic acids is 3. The van der Waals surface area contributed by atoms with E-state index in [1.54, 1.807) is 55.3 Å². The number of nitrogens with zero attached hydrogens (tertiary/aromatic N) is 3. The van der Waals surface area contributed by atoms with Crippen molar-refractivity contribution in [1.82, 2.24) is 30.7 Å². The number of nitrogens with one attached hydrogen (secondary N) is 3. The third-order valence-corrected chi connectivity index (χ3v) is 6.64. The van der Waals surface area contributed by atoms with Gasteiger partial charge in [-0.1, -0.05) is 19.3 Å². The number of likely N-dealkylation sites (N-methyl/N-ethyl adjacent to an activating group) is 1. The summed E-state index contributed by atoms with van der Waals surface area (Å²) < 4.78 is 7.44. The molecular weight excluding hydrogens is 460 g/mol. The van der Waals surface area contributed by atoms with Gasteiger partial charge in [-0.25, -0.2) is 0 Å². The predicted octanol–water partition coefficient (Wildman–Crippen LogP) is 2.74. The van der Waals surface area contributed by atoms with Gasteiger partial charge in [0.05, 0.1) is 0 Å². The van der Waals surface area contributed by atoms with Crippen molar-refractivity contribution in [3.63, 3.8) is 0 Å². The molecule has 36 heavy (non-hydrogen) atoms. The minimum atomic E-state index is -0.593. The average molecular weight is 493 g/mol. The first-order valence-electron chi connectivity index (χ1n) is 12.2. The standard InChI is InChI=1S/C26H32N6O4/c1-16-13-20(31-32(16)3)24(33)29-15-17-11-12-28-19(14-17)21-9-10-22(36-21)25(34)30-23(26(35)27-2)18-7-5-4-6-8-18/h9-14,18,23H,4-8,15H2,1-3H3,(H,27,35)(H,29,33)(H,30,34). The molecule has 3 amide bonds. The van der Waals surface area contributed by atoms with Crippen LogP contribution in [0.15, 0.2) is 40.9 Å². The summed E-state index contributed by atoms with van der Waals surface area (Å²) in [7, 11) is 3.36. The average Bonchev–Trinajstić information content (AvgIpc) is 3.53. The van der Waals surface area contributed by atoms with E-state index in [-0.39, 0.29) is 30.0 Å². The highest BCUT2D eigenvalue weighted by Gasteiger charge is 2.31. The van der Waals surface area contributed by atoms with Crippen molar-refractivity contribution in [1.29, 1.82) is 0 Å². The lowest BCUT2D eigenvalue weighted by molar-refractivity contribution is -0.124. The topological polar surface area (TPSA) is 131 Å². The zero-order valence-electron chi connectivity index (χ0n) is 20.8. The molecule has 1 unspecified atom stereocenters. The molecule has 0 aliphatic heterocycles. The van der Waals surface area contributed by atoms with Crippen LogP contribution >= 0.6 is 0 Å². The van der Waals surface area contributed by atoms with Gasteiger partial charge in [0, 0.05) is 32.5 Å². The Hall–Kier alpha value is -3.95. The largest absolute Gasteiger partial charge is 0.449 e. The number of furan rings is 1. The summed E-state index contributed by atoms with van der Waals surface area (Å²) in [6.45, 7) is 2.17. The summed E-state index contributed by atoms with van der Waals surface area (Å²) in [6, 6.07) is 7.97. The smallest absolute Gasteiger partial charge is 0.287 e. The first-order valence-corrected chi connectivity index (χ1v) is 12.2. The quantitative estimate of drug-likeness (QED) is 0.443. The van der Waals surface area contributed by atoms with Crippen molar-refractivity contribution < 1.29 is 18.8 Å². The maximum absolute atomic E-state index is 12.9. The highest BCUT2D eigenvalue weighted by molar-refractivity contribution is 5.96. The zero-order chi connectivity index (χ0) is 25.7. The second kappa shape index (κ2) is 11.2. The van der Waals surface area contributed by atoms with E-state index in [2.05, 4.69) is 26.0 Å². The van der Waals surface area contributed by atoms with Gasteiger partial charge in [0.2, 0.25) is 5.91 Å². The molecular formula is C26H32N6O4. The van der Waals surface area contributed by atoms with Gasteiger partial charge in [0.25, 0.3) is 11.8 Å². The van der Waals surface area contributed by atoms with Crippen LogP contribution in [0.4, 0.5) is 0 Å². The highest BCUT2D eigenvalue weighted by atomic mass is 16.4. The summed E-state index contributed by atoms with van der Waals surface area (Å²) in [4.78, 5) is 42.1. The van der Waals surface area contributed by atoms with Crippen LogP contribution in [0.1, 0.15) is 64.4 Å². The molecule has 1 aliphatic carbocycles. The molecule has 0 radical (unpaired) electrons. The normalized spacial score (nSPS) is 14.8. The van der Waals surface area contributed by atoms with Crippen LogP contribution in [0, 0.1) is 12.8 Å². The molecule has 3 N–H and O–H groups in total. The highest BCUT2D eigenvalue weighted by Crippen LogP contribution is 2.27. The monoisotopic (exact) mass is 492 g/mol. The van der Waals surface area contributed by atoms with Gasteiger partial charge in [-0.2, -0.15) is 5.10 Å². The zero-order valence-corrected chi connectivity index (χ0v) is 20.8. The van der Waals surface area contributed by atoms with Crippen molar-refractivity contribution in [2.45, 2.75) is 51.6 Å². The summed E-state index contributed by atoms with van der Waals surface area (Å²) in [5, 5.41) is 12.6. The van der Waals surface area contributed by atoms with Gasteiger partial charge < -0.3 is 20.4 Å². The molecule has 1 fully saturated rings. The van der Waals surface area contributed by atoms with Crippen LogP contribution in [0.3, 0.4) is 0 Å². The first-order chi connectivity index (χ1) is 17.4. The van der Waals surface area contributed by atoms with Gasteiger partial charge in [-0.05, 0) is 61.6 Å². The van der Waals surface area contributed by atoms with E-state index in [1.807, 2.05) is 6.92 Å². The van der Waals surface area contributed by atoms with Gasteiger partial charge >= 0.3 is 0 Å². The second-order valence-corrected chi connectivity index (χ2v) is 9.15. The summed E-state index contributed by atoms with van der Waals surface area (Å²) in [5.74, 6) is -0.254. The number of amides is 3. The molecule has 0 bridgehead atoms. The summed E-state index contributed by atoms with van der Waals surface area (Å²) in [6.07, 6.45) is 6.72. The lowest BCUT2D eigenvalue weighted by Gasteiger charge is -2.29. The van der Waals surface area contributed by atoms with E-state index in [4.69, 9.17) is 4.42 Å². The van der Waals surface area contributed by atoms with E-state index in [1.165, 1.54) is 0 Å². The van der Waals surface area contributed by atoms with Gasteiger partial charge in [-0.15, -0.1) is 0 Å². The summed E-state index contributed by atoms with van der Waals surface area (Å²) in [5.41, 5.74) is 2.60. The first kappa shape index (κ1) is 25.2. The Bertz CT molecular complexity index is 1220. The maximum atomic E-state index is 12.9. The van der Waals surface area contributed by atoms with Crippen LogP contribution in [-0.2, 0) is 18.4 Å². The van der Waals surface area contributed by atoms with Crippen molar-refractivity contribution in [3.8, 4) is 11.5 Å². The number of pyridine rings is 1. The van der Waals surface area contributed by atoms with E-state index < -0.39 is 11.9 Å². The predicted molar refractivity (Wildman–Crippen MR) is 133 cm³/mol. The molecule has 1 saturated carbocycles. The number of rotatable bonds is 8. The SMILES string of the molecule is CNC(=O)C(NC(=O)c1ccc(-c2cc(CNC(=O)c3cc(C)n(C)n3)ccn2)o1)C1CCCCC1. The Morgan fingerprint density at radius 3 is 2.58 bits per heavy atom. The fourth-order valence-electron chi connectivity index (χ4n) is 4.49. The van der Waals surface area contributed by atoms with Crippen LogP contribution in [0.25, 0.3) is 11.5 Å². The number of aromatic nitrogens is 3. The summed E-state index contributed by atoms with van der Waals surface area (Å²) >= 11 is 0. The molecule has 3 heterocycles. The number of aryl methyl sites for hydroxylation is 2. The van der Waals surface area contributed by atoms with Crippen LogP contribution < -0.4 is 16.0 Å². The number of hydrogen-bond acceptors (Lipinski definition) is 6. The molecule has 10 nitrogen and oxygen atoms in total. The van der Waals surface area contributed by atoms with E-state index >= 15 is 0 Å². The third-order valence-electron chi connectivity index (χ3n) is 6.64. The Balaban J connectivity index is 1.41. The Labute approximate surface area is 209 Å². The molecule has 1 atom stereocenters. The van der Waals surface area contributed by atoms with Crippen LogP contribution in [0.2, 0.25) is 0 Å². The van der Waals surface area contributed by atoms with Gasteiger partial charge in [-0.3, -0.25) is 24.0 Å². The molecule has 3 aromatic rings. The minimum Gasteiger partial charge on any atom is -0.449 e. The lowest BCUT2D eigenvalue weighted by Crippen LogP contribution is -2.50.